The highest BCUT2D eigenvalue weighted by Crippen LogP contribution is 2.32. The van der Waals surface area contributed by atoms with E-state index in [1.54, 1.807) is 0 Å². The smallest absolute Gasteiger partial charge is 0.236 e. The Morgan fingerprint density at radius 2 is 1.92 bits per heavy atom. The summed E-state index contributed by atoms with van der Waals surface area (Å²) in [5.74, 6) is 1.87. The molecule has 2 fully saturated rings. The van der Waals surface area contributed by atoms with Gasteiger partial charge in [0.05, 0.1) is 13.2 Å². The number of carbonyl (C=O) groups excluding carboxylic acids is 1. The van der Waals surface area contributed by atoms with Crippen LogP contribution in [0, 0.1) is 5.92 Å². The van der Waals surface area contributed by atoms with Gasteiger partial charge in [0.25, 0.3) is 0 Å². The summed E-state index contributed by atoms with van der Waals surface area (Å²) >= 11 is 0. The average Bonchev–Trinajstić information content (AvgIpc) is 3.04. The number of amides is 1. The summed E-state index contributed by atoms with van der Waals surface area (Å²) < 4.78 is 5.53. The van der Waals surface area contributed by atoms with Gasteiger partial charge in [0.2, 0.25) is 5.91 Å². The standard InChI is InChI=1S/C20H30N2O2/c1-3-24-18-10-8-17(9-11-18)19-7-5-12-21(19)15-20(23)22-13-4-6-16(2)14-22/h8-11,16,19H,3-7,12-15H2,1-2H3. The van der Waals surface area contributed by atoms with Crippen molar-refractivity contribution in [2.75, 3.05) is 32.8 Å². The third-order valence-electron chi connectivity index (χ3n) is 5.29. The van der Waals surface area contributed by atoms with Crippen molar-refractivity contribution < 1.29 is 9.53 Å². The predicted octanol–water partition coefficient (Wildman–Crippen LogP) is 3.48. The van der Waals surface area contributed by atoms with Gasteiger partial charge in [0, 0.05) is 19.1 Å². The van der Waals surface area contributed by atoms with Crippen LogP contribution in [-0.2, 0) is 4.79 Å². The van der Waals surface area contributed by atoms with Gasteiger partial charge >= 0.3 is 0 Å². The van der Waals surface area contributed by atoms with Gasteiger partial charge in [0.1, 0.15) is 5.75 Å². The first kappa shape index (κ1) is 17.3. The Kier molecular flexibility index (Phi) is 5.77. The Labute approximate surface area is 145 Å². The molecule has 0 aliphatic carbocycles. The Bertz CT molecular complexity index is 543. The predicted molar refractivity (Wildman–Crippen MR) is 96.1 cm³/mol. The van der Waals surface area contributed by atoms with E-state index in [-0.39, 0.29) is 0 Å². The minimum Gasteiger partial charge on any atom is -0.494 e. The molecule has 2 aliphatic heterocycles. The third kappa shape index (κ3) is 4.10. The first-order chi connectivity index (χ1) is 11.7. The number of hydrogen-bond acceptors (Lipinski definition) is 3. The molecule has 2 saturated heterocycles. The molecule has 0 bridgehead atoms. The number of benzene rings is 1. The number of rotatable bonds is 5. The molecule has 2 aliphatic rings. The van der Waals surface area contributed by atoms with Crippen LogP contribution in [0.4, 0.5) is 0 Å². The largest absolute Gasteiger partial charge is 0.494 e. The zero-order valence-corrected chi connectivity index (χ0v) is 15.0. The monoisotopic (exact) mass is 330 g/mol. The second kappa shape index (κ2) is 8.02. The van der Waals surface area contributed by atoms with E-state index in [2.05, 4.69) is 28.9 Å². The summed E-state index contributed by atoms with van der Waals surface area (Å²) in [7, 11) is 0. The molecular formula is C20H30N2O2. The van der Waals surface area contributed by atoms with Gasteiger partial charge in [-0.1, -0.05) is 19.1 Å². The van der Waals surface area contributed by atoms with Crippen LogP contribution in [0.3, 0.4) is 0 Å². The zero-order chi connectivity index (χ0) is 16.9. The molecule has 24 heavy (non-hydrogen) atoms. The summed E-state index contributed by atoms with van der Waals surface area (Å²) in [6.45, 7) is 8.39. The van der Waals surface area contributed by atoms with Crippen LogP contribution < -0.4 is 4.74 Å². The van der Waals surface area contributed by atoms with Crippen molar-refractivity contribution >= 4 is 5.91 Å². The maximum atomic E-state index is 12.7. The highest BCUT2D eigenvalue weighted by molar-refractivity contribution is 5.78. The number of likely N-dealkylation sites (tertiary alicyclic amines) is 2. The summed E-state index contributed by atoms with van der Waals surface area (Å²) in [5, 5.41) is 0. The van der Waals surface area contributed by atoms with Gasteiger partial charge in [-0.25, -0.2) is 0 Å². The highest BCUT2D eigenvalue weighted by Gasteiger charge is 2.30. The maximum absolute atomic E-state index is 12.7. The van der Waals surface area contributed by atoms with Gasteiger partial charge < -0.3 is 9.64 Å². The van der Waals surface area contributed by atoms with Crippen LogP contribution in [-0.4, -0.2) is 48.5 Å². The highest BCUT2D eigenvalue weighted by atomic mass is 16.5. The van der Waals surface area contributed by atoms with Crippen LogP contribution in [0.15, 0.2) is 24.3 Å². The van der Waals surface area contributed by atoms with Crippen LogP contribution in [0.1, 0.15) is 51.1 Å². The fourth-order valence-electron chi connectivity index (χ4n) is 4.04. The number of hydrogen-bond donors (Lipinski definition) is 0. The molecular weight excluding hydrogens is 300 g/mol. The summed E-state index contributed by atoms with van der Waals surface area (Å²) in [6.07, 6.45) is 4.71. The van der Waals surface area contributed by atoms with Crippen LogP contribution in [0.25, 0.3) is 0 Å². The maximum Gasteiger partial charge on any atom is 0.236 e. The molecule has 2 unspecified atom stereocenters. The van der Waals surface area contributed by atoms with Crippen LogP contribution in [0.5, 0.6) is 5.75 Å². The molecule has 4 nitrogen and oxygen atoms in total. The minimum atomic E-state index is 0.305. The van der Waals surface area contributed by atoms with Gasteiger partial charge in [-0.15, -0.1) is 0 Å². The second-order valence-corrected chi connectivity index (χ2v) is 7.22. The lowest BCUT2D eigenvalue weighted by Crippen LogP contribution is -2.44. The molecule has 0 aromatic heterocycles. The Balaban J connectivity index is 1.61. The lowest BCUT2D eigenvalue weighted by Gasteiger charge is -2.33. The minimum absolute atomic E-state index is 0.305. The quantitative estimate of drug-likeness (QED) is 0.828. The van der Waals surface area contributed by atoms with E-state index in [9.17, 15) is 4.79 Å². The fourth-order valence-corrected chi connectivity index (χ4v) is 4.04. The summed E-state index contributed by atoms with van der Waals surface area (Å²) in [6, 6.07) is 8.77. The molecule has 0 N–H and O–H groups in total. The number of piperidine rings is 1. The van der Waals surface area contributed by atoms with Gasteiger partial charge in [0.15, 0.2) is 0 Å². The Hall–Kier alpha value is -1.55. The molecule has 1 aromatic carbocycles. The first-order valence-electron chi connectivity index (χ1n) is 9.42. The average molecular weight is 330 g/mol. The Morgan fingerprint density at radius 3 is 2.62 bits per heavy atom. The molecule has 132 valence electrons. The number of nitrogens with zero attached hydrogens (tertiary/aromatic N) is 2. The van der Waals surface area contributed by atoms with Crippen molar-refractivity contribution in [2.24, 2.45) is 5.92 Å². The summed E-state index contributed by atoms with van der Waals surface area (Å²) in [4.78, 5) is 17.1. The van der Waals surface area contributed by atoms with E-state index in [4.69, 9.17) is 4.74 Å². The molecule has 1 amide bonds. The fraction of sp³-hybridized carbons (Fsp3) is 0.650. The topological polar surface area (TPSA) is 32.8 Å². The SMILES string of the molecule is CCOc1ccc(C2CCCN2CC(=O)N2CCCC(C)C2)cc1. The van der Waals surface area contributed by atoms with Crippen LogP contribution >= 0.6 is 0 Å². The Morgan fingerprint density at radius 1 is 1.17 bits per heavy atom. The van der Waals surface area contributed by atoms with E-state index < -0.39 is 0 Å². The molecule has 0 saturated carbocycles. The van der Waals surface area contributed by atoms with Crippen molar-refractivity contribution in [1.82, 2.24) is 9.80 Å². The van der Waals surface area contributed by atoms with Gasteiger partial charge in [-0.05, 0) is 62.8 Å². The van der Waals surface area contributed by atoms with Crippen molar-refractivity contribution in [3.8, 4) is 5.75 Å². The molecule has 4 heteroatoms. The summed E-state index contributed by atoms with van der Waals surface area (Å²) in [5.41, 5.74) is 1.30. The van der Waals surface area contributed by atoms with Gasteiger partial charge in [-0.2, -0.15) is 0 Å². The van der Waals surface area contributed by atoms with Crippen molar-refractivity contribution in [2.45, 2.75) is 45.6 Å². The molecule has 2 heterocycles. The third-order valence-corrected chi connectivity index (χ3v) is 5.29. The van der Waals surface area contributed by atoms with Crippen LogP contribution in [0.2, 0.25) is 0 Å². The number of ether oxygens (including phenoxy) is 1. The van der Waals surface area contributed by atoms with E-state index in [1.807, 2.05) is 19.1 Å². The number of carbonyl (C=O) groups is 1. The van der Waals surface area contributed by atoms with E-state index in [1.165, 1.54) is 18.4 Å². The molecule has 1 aromatic rings. The lowest BCUT2D eigenvalue weighted by molar-refractivity contribution is -0.134. The van der Waals surface area contributed by atoms with Crippen molar-refractivity contribution in [3.63, 3.8) is 0 Å². The molecule has 0 radical (unpaired) electrons. The van der Waals surface area contributed by atoms with E-state index in [0.717, 1.165) is 38.2 Å². The van der Waals surface area contributed by atoms with Crippen molar-refractivity contribution in [3.05, 3.63) is 29.8 Å². The zero-order valence-electron chi connectivity index (χ0n) is 15.0. The first-order valence-corrected chi connectivity index (χ1v) is 9.42. The molecule has 3 rings (SSSR count). The lowest BCUT2D eigenvalue weighted by atomic mass is 10.0. The second-order valence-electron chi connectivity index (χ2n) is 7.22. The molecule has 2 atom stereocenters. The van der Waals surface area contributed by atoms with E-state index in [0.29, 0.717) is 31.0 Å². The normalized spacial score (nSPS) is 25.0. The molecule has 0 spiro atoms. The van der Waals surface area contributed by atoms with E-state index >= 15 is 0 Å². The van der Waals surface area contributed by atoms with Crippen molar-refractivity contribution in [1.29, 1.82) is 0 Å². The van der Waals surface area contributed by atoms with Gasteiger partial charge in [-0.3, -0.25) is 9.69 Å².